The smallest absolute Gasteiger partial charge is 0.339 e. The maximum Gasteiger partial charge on any atom is 0.339 e. The van der Waals surface area contributed by atoms with E-state index >= 15 is 0 Å². The lowest BCUT2D eigenvalue weighted by Crippen LogP contribution is -2.26. The van der Waals surface area contributed by atoms with E-state index in [9.17, 15) is 13.2 Å². The fourth-order valence-corrected chi connectivity index (χ4v) is 2.66. The van der Waals surface area contributed by atoms with E-state index in [-0.39, 0.29) is 17.1 Å². The molecule has 18 heavy (non-hydrogen) atoms. The number of carboxylic acid groups (broad SMARTS) is 1. The van der Waals surface area contributed by atoms with E-state index in [1.165, 1.54) is 6.20 Å². The number of hydrogen-bond acceptors (Lipinski definition) is 5. The van der Waals surface area contributed by atoms with Crippen molar-refractivity contribution in [2.24, 2.45) is 0 Å². The number of nitrogens with zero attached hydrogens (tertiary/aromatic N) is 1. The summed E-state index contributed by atoms with van der Waals surface area (Å²) >= 11 is 0. The fourth-order valence-electron chi connectivity index (χ4n) is 1.67. The van der Waals surface area contributed by atoms with E-state index in [4.69, 9.17) is 5.11 Å². The number of hydrogen-bond donors (Lipinski definition) is 2. The highest BCUT2D eigenvalue weighted by molar-refractivity contribution is 7.90. The molecule has 1 rings (SSSR count). The highest BCUT2D eigenvalue weighted by Gasteiger charge is 2.17. The van der Waals surface area contributed by atoms with Crippen LogP contribution < -0.4 is 5.32 Å². The highest BCUT2D eigenvalue weighted by atomic mass is 32.2. The van der Waals surface area contributed by atoms with Crippen molar-refractivity contribution in [2.75, 3.05) is 17.3 Å². The van der Waals surface area contributed by atoms with Gasteiger partial charge in [0.2, 0.25) is 0 Å². The number of rotatable bonds is 5. The Balaban J connectivity index is 2.98. The van der Waals surface area contributed by atoms with Gasteiger partial charge in [0.1, 0.15) is 21.2 Å². The zero-order valence-electron chi connectivity index (χ0n) is 10.5. The van der Waals surface area contributed by atoms with Gasteiger partial charge in [0.15, 0.2) is 0 Å². The van der Waals surface area contributed by atoms with Crippen molar-refractivity contribution in [3.63, 3.8) is 0 Å². The lowest BCUT2D eigenvalue weighted by Gasteiger charge is -2.15. The predicted molar refractivity (Wildman–Crippen MR) is 68.7 cm³/mol. The first-order chi connectivity index (χ1) is 8.20. The Morgan fingerprint density at radius 2 is 2.17 bits per heavy atom. The number of aryl methyl sites for hydroxylation is 1. The Morgan fingerprint density at radius 3 is 2.67 bits per heavy atom. The van der Waals surface area contributed by atoms with Crippen LogP contribution in [-0.2, 0) is 9.84 Å². The molecule has 0 aliphatic carbocycles. The molecule has 0 radical (unpaired) electrons. The standard InChI is InChI=1S/C11H16N2O4S/c1-7-4-5-12-10(9(7)11(14)15)13-8(2)6-18(3,16)17/h4-5,8H,6H2,1-3H3,(H,12,13)(H,14,15). The lowest BCUT2D eigenvalue weighted by molar-refractivity contribution is 0.0697. The Morgan fingerprint density at radius 1 is 1.56 bits per heavy atom. The number of carboxylic acids is 1. The molecule has 0 aliphatic heterocycles. The van der Waals surface area contributed by atoms with E-state index in [1.807, 2.05) is 0 Å². The second-order valence-corrected chi connectivity index (χ2v) is 6.48. The van der Waals surface area contributed by atoms with E-state index in [0.29, 0.717) is 5.56 Å². The van der Waals surface area contributed by atoms with Crippen LogP contribution in [-0.4, -0.2) is 42.5 Å². The number of aromatic carboxylic acids is 1. The minimum atomic E-state index is -3.12. The van der Waals surface area contributed by atoms with Crippen LogP contribution in [0, 0.1) is 6.92 Å². The molecule has 6 nitrogen and oxygen atoms in total. The summed E-state index contributed by atoms with van der Waals surface area (Å²) in [6.07, 6.45) is 2.62. The maximum atomic E-state index is 11.1. The molecule has 0 spiro atoms. The van der Waals surface area contributed by atoms with Crippen LogP contribution in [0.4, 0.5) is 5.82 Å². The lowest BCUT2D eigenvalue weighted by atomic mass is 10.1. The first-order valence-corrected chi connectivity index (χ1v) is 7.40. The third-order valence-corrected chi connectivity index (χ3v) is 3.41. The monoisotopic (exact) mass is 272 g/mol. The third kappa shape index (κ3) is 3.99. The number of pyridine rings is 1. The van der Waals surface area contributed by atoms with Crippen molar-refractivity contribution in [2.45, 2.75) is 19.9 Å². The van der Waals surface area contributed by atoms with Crippen molar-refractivity contribution >= 4 is 21.6 Å². The number of aromatic nitrogens is 1. The minimum absolute atomic E-state index is 0.0675. The molecular formula is C11H16N2O4S. The quantitative estimate of drug-likeness (QED) is 0.828. The first kappa shape index (κ1) is 14.4. The molecule has 0 saturated heterocycles. The van der Waals surface area contributed by atoms with Crippen LogP contribution in [0.2, 0.25) is 0 Å². The van der Waals surface area contributed by atoms with Crippen LogP contribution in [0.5, 0.6) is 0 Å². The zero-order chi connectivity index (χ0) is 13.9. The molecule has 0 amide bonds. The second kappa shape index (κ2) is 5.34. The van der Waals surface area contributed by atoms with Gasteiger partial charge in [-0.3, -0.25) is 0 Å². The second-order valence-electron chi connectivity index (χ2n) is 4.29. The first-order valence-electron chi connectivity index (χ1n) is 5.34. The summed E-state index contributed by atoms with van der Waals surface area (Å²) < 4.78 is 22.3. The van der Waals surface area contributed by atoms with E-state index in [1.54, 1.807) is 19.9 Å². The molecule has 2 N–H and O–H groups in total. The Kier molecular flexibility index (Phi) is 4.28. The molecule has 0 aromatic carbocycles. The predicted octanol–water partition coefficient (Wildman–Crippen LogP) is 0.933. The summed E-state index contributed by atoms with van der Waals surface area (Å²) in [5, 5.41) is 11.9. The molecule has 7 heteroatoms. The SMILES string of the molecule is Cc1ccnc(NC(C)CS(C)(=O)=O)c1C(=O)O. The highest BCUT2D eigenvalue weighted by Crippen LogP contribution is 2.17. The number of nitrogens with one attached hydrogen (secondary N) is 1. The number of sulfone groups is 1. The molecular weight excluding hydrogens is 256 g/mol. The van der Waals surface area contributed by atoms with Gasteiger partial charge in [0.05, 0.1) is 5.75 Å². The molecule has 1 atom stereocenters. The van der Waals surface area contributed by atoms with Crippen molar-refractivity contribution in [1.82, 2.24) is 4.98 Å². The van der Waals surface area contributed by atoms with Crippen molar-refractivity contribution in [1.29, 1.82) is 0 Å². The van der Waals surface area contributed by atoms with E-state index in [0.717, 1.165) is 6.26 Å². The summed E-state index contributed by atoms with van der Waals surface area (Å²) in [6.45, 7) is 3.33. The molecule has 1 aromatic heterocycles. The van der Waals surface area contributed by atoms with Gasteiger partial charge < -0.3 is 10.4 Å². The largest absolute Gasteiger partial charge is 0.478 e. The Hall–Kier alpha value is -1.63. The molecule has 100 valence electrons. The van der Waals surface area contributed by atoms with Crippen molar-refractivity contribution < 1.29 is 18.3 Å². The molecule has 1 aromatic rings. The number of anilines is 1. The Labute approximate surface area is 106 Å². The van der Waals surface area contributed by atoms with Crippen LogP contribution in [0.25, 0.3) is 0 Å². The third-order valence-electron chi connectivity index (χ3n) is 2.31. The number of carbonyl (C=O) groups is 1. The molecule has 0 saturated carbocycles. The maximum absolute atomic E-state index is 11.1. The molecule has 1 unspecified atom stereocenters. The van der Waals surface area contributed by atoms with Gasteiger partial charge >= 0.3 is 5.97 Å². The normalized spacial score (nSPS) is 13.1. The molecule has 1 heterocycles. The van der Waals surface area contributed by atoms with Gasteiger partial charge in [-0.25, -0.2) is 18.2 Å². The topological polar surface area (TPSA) is 96.4 Å². The van der Waals surface area contributed by atoms with Gasteiger partial charge in [-0.1, -0.05) is 0 Å². The van der Waals surface area contributed by atoms with Gasteiger partial charge in [-0.2, -0.15) is 0 Å². The van der Waals surface area contributed by atoms with Gasteiger partial charge in [0.25, 0.3) is 0 Å². The van der Waals surface area contributed by atoms with Gasteiger partial charge in [0, 0.05) is 18.5 Å². The average molecular weight is 272 g/mol. The molecule has 0 fully saturated rings. The van der Waals surface area contributed by atoms with Crippen LogP contribution >= 0.6 is 0 Å². The zero-order valence-corrected chi connectivity index (χ0v) is 11.3. The fraction of sp³-hybridized carbons (Fsp3) is 0.455. The average Bonchev–Trinajstić information content (AvgIpc) is 2.13. The Bertz CT molecular complexity index is 554. The summed E-state index contributed by atoms with van der Waals surface area (Å²) in [5.74, 6) is -0.977. The van der Waals surface area contributed by atoms with Crippen LogP contribution in [0.15, 0.2) is 12.3 Å². The minimum Gasteiger partial charge on any atom is -0.478 e. The van der Waals surface area contributed by atoms with Gasteiger partial charge in [-0.05, 0) is 25.5 Å². The van der Waals surface area contributed by atoms with Crippen LogP contribution in [0.1, 0.15) is 22.8 Å². The summed E-state index contributed by atoms with van der Waals surface area (Å²) in [6, 6.07) is 1.18. The summed E-state index contributed by atoms with van der Waals surface area (Å²) in [7, 11) is -3.12. The van der Waals surface area contributed by atoms with E-state index in [2.05, 4.69) is 10.3 Å². The van der Waals surface area contributed by atoms with Crippen molar-refractivity contribution in [3.05, 3.63) is 23.4 Å². The molecule has 0 aliphatic rings. The molecule has 0 bridgehead atoms. The van der Waals surface area contributed by atoms with Gasteiger partial charge in [-0.15, -0.1) is 0 Å². The van der Waals surface area contributed by atoms with E-state index < -0.39 is 21.8 Å². The van der Waals surface area contributed by atoms with Crippen molar-refractivity contribution in [3.8, 4) is 0 Å². The van der Waals surface area contributed by atoms with Crippen LogP contribution in [0.3, 0.4) is 0 Å². The summed E-state index contributed by atoms with van der Waals surface area (Å²) in [4.78, 5) is 15.1. The summed E-state index contributed by atoms with van der Waals surface area (Å²) in [5.41, 5.74) is 0.643.